The Hall–Kier alpha value is -2.30. The van der Waals surface area contributed by atoms with Crippen LogP contribution in [0, 0.1) is 6.92 Å². The van der Waals surface area contributed by atoms with E-state index in [0.29, 0.717) is 21.4 Å². The summed E-state index contributed by atoms with van der Waals surface area (Å²) in [6, 6.07) is 10.9. The highest BCUT2D eigenvalue weighted by molar-refractivity contribution is 6.33. The van der Waals surface area contributed by atoms with Gasteiger partial charge in [-0.1, -0.05) is 23.2 Å². The molecule has 3 rings (SSSR count). The minimum Gasteiger partial charge on any atom is -0.354 e. The van der Waals surface area contributed by atoms with E-state index in [4.69, 9.17) is 23.2 Å². The molecule has 0 bridgehead atoms. The Kier molecular flexibility index (Phi) is 4.60. The first-order valence-corrected chi connectivity index (χ1v) is 8.09. The van der Waals surface area contributed by atoms with Gasteiger partial charge in [-0.15, -0.1) is 0 Å². The lowest BCUT2D eigenvalue weighted by Crippen LogP contribution is -2.06. The standard InChI is InChI=1S/C18H15Cl2N3O/c1-10-14(19)6-4-13-16(7-8-21-18(10)13)23-17-9-12(22-11(2)24)3-5-15(17)20/h3-9H,1-2H3,(H,21,23)(H,22,24). The summed E-state index contributed by atoms with van der Waals surface area (Å²) in [5, 5.41) is 8.23. The number of nitrogens with zero attached hydrogens (tertiary/aromatic N) is 1. The quantitative estimate of drug-likeness (QED) is 0.644. The van der Waals surface area contributed by atoms with Crippen molar-refractivity contribution in [2.24, 2.45) is 0 Å². The van der Waals surface area contributed by atoms with E-state index < -0.39 is 0 Å². The molecule has 0 saturated carbocycles. The fraction of sp³-hybridized carbons (Fsp3) is 0.111. The predicted molar refractivity (Wildman–Crippen MR) is 101 cm³/mol. The van der Waals surface area contributed by atoms with E-state index in [1.165, 1.54) is 6.92 Å². The summed E-state index contributed by atoms with van der Waals surface area (Å²) >= 11 is 12.5. The van der Waals surface area contributed by atoms with Gasteiger partial charge in [-0.05, 0) is 48.9 Å². The van der Waals surface area contributed by atoms with E-state index in [1.54, 1.807) is 24.4 Å². The number of hydrogen-bond donors (Lipinski definition) is 2. The molecule has 0 saturated heterocycles. The van der Waals surface area contributed by atoms with Crippen LogP contribution >= 0.6 is 23.2 Å². The van der Waals surface area contributed by atoms with Crippen LogP contribution in [-0.2, 0) is 4.79 Å². The van der Waals surface area contributed by atoms with Crippen molar-refractivity contribution in [2.75, 3.05) is 10.6 Å². The molecular weight excluding hydrogens is 345 g/mol. The molecule has 0 fully saturated rings. The van der Waals surface area contributed by atoms with Crippen LogP contribution < -0.4 is 10.6 Å². The van der Waals surface area contributed by atoms with E-state index in [-0.39, 0.29) is 5.91 Å². The second-order valence-electron chi connectivity index (χ2n) is 5.43. The third kappa shape index (κ3) is 3.30. The lowest BCUT2D eigenvalue weighted by molar-refractivity contribution is -0.114. The minimum atomic E-state index is -0.136. The second kappa shape index (κ2) is 6.67. The lowest BCUT2D eigenvalue weighted by atomic mass is 10.1. The molecule has 1 aromatic heterocycles. The highest BCUT2D eigenvalue weighted by Gasteiger charge is 2.09. The van der Waals surface area contributed by atoms with Gasteiger partial charge in [0.15, 0.2) is 0 Å². The SMILES string of the molecule is CC(=O)Nc1ccc(Cl)c(Nc2ccnc3c(C)c(Cl)ccc23)c1. The van der Waals surface area contributed by atoms with E-state index >= 15 is 0 Å². The number of aryl methyl sites for hydroxylation is 1. The molecule has 0 aliphatic heterocycles. The number of hydrogen-bond acceptors (Lipinski definition) is 3. The predicted octanol–water partition coefficient (Wildman–Crippen LogP) is 5.55. The topological polar surface area (TPSA) is 54.0 Å². The van der Waals surface area contributed by atoms with Crippen molar-refractivity contribution in [1.82, 2.24) is 4.98 Å². The maximum atomic E-state index is 11.2. The first-order chi connectivity index (χ1) is 11.5. The van der Waals surface area contributed by atoms with E-state index in [2.05, 4.69) is 15.6 Å². The molecule has 0 unspecified atom stereocenters. The van der Waals surface area contributed by atoms with Gasteiger partial charge in [-0.25, -0.2) is 0 Å². The van der Waals surface area contributed by atoms with E-state index in [1.807, 2.05) is 25.1 Å². The number of fused-ring (bicyclic) bond motifs is 1. The van der Waals surface area contributed by atoms with Crippen molar-refractivity contribution in [2.45, 2.75) is 13.8 Å². The number of benzene rings is 2. The number of amides is 1. The van der Waals surface area contributed by atoms with Gasteiger partial charge in [0.2, 0.25) is 5.91 Å². The summed E-state index contributed by atoms with van der Waals surface area (Å²) in [6.45, 7) is 3.40. The highest BCUT2D eigenvalue weighted by Crippen LogP contribution is 2.33. The molecule has 0 aliphatic carbocycles. The van der Waals surface area contributed by atoms with Crippen LogP contribution in [0.5, 0.6) is 0 Å². The normalized spacial score (nSPS) is 10.7. The van der Waals surface area contributed by atoms with Crippen LogP contribution in [0.2, 0.25) is 10.0 Å². The van der Waals surface area contributed by atoms with Gasteiger partial charge in [0.05, 0.1) is 16.2 Å². The summed E-state index contributed by atoms with van der Waals surface area (Å²) in [4.78, 5) is 15.6. The van der Waals surface area contributed by atoms with Crippen LogP contribution in [0.3, 0.4) is 0 Å². The van der Waals surface area contributed by atoms with Gasteiger partial charge in [-0.3, -0.25) is 9.78 Å². The Bertz CT molecular complexity index is 941. The molecule has 0 spiro atoms. The molecule has 1 amide bonds. The van der Waals surface area contributed by atoms with Crippen molar-refractivity contribution < 1.29 is 4.79 Å². The number of halogens is 2. The van der Waals surface area contributed by atoms with Crippen molar-refractivity contribution in [3.8, 4) is 0 Å². The van der Waals surface area contributed by atoms with Crippen molar-refractivity contribution >= 4 is 57.1 Å². The fourth-order valence-corrected chi connectivity index (χ4v) is 2.81. The van der Waals surface area contributed by atoms with Crippen molar-refractivity contribution in [3.05, 3.63) is 58.2 Å². The van der Waals surface area contributed by atoms with Gasteiger partial charge < -0.3 is 10.6 Å². The third-order valence-corrected chi connectivity index (χ3v) is 4.40. The zero-order valence-corrected chi connectivity index (χ0v) is 14.7. The Morgan fingerprint density at radius 2 is 1.79 bits per heavy atom. The number of nitrogens with one attached hydrogen (secondary N) is 2. The smallest absolute Gasteiger partial charge is 0.221 e. The van der Waals surface area contributed by atoms with E-state index in [9.17, 15) is 4.79 Å². The zero-order valence-electron chi connectivity index (χ0n) is 13.2. The Labute approximate surface area is 149 Å². The van der Waals surface area contributed by atoms with Crippen LogP contribution in [-0.4, -0.2) is 10.9 Å². The zero-order chi connectivity index (χ0) is 17.3. The average Bonchev–Trinajstić information content (AvgIpc) is 2.54. The molecule has 2 N–H and O–H groups in total. The van der Waals surface area contributed by atoms with Gasteiger partial charge in [0.1, 0.15) is 0 Å². The molecule has 24 heavy (non-hydrogen) atoms. The molecule has 0 atom stereocenters. The molecule has 0 aliphatic rings. The highest BCUT2D eigenvalue weighted by atomic mass is 35.5. The number of pyridine rings is 1. The van der Waals surface area contributed by atoms with E-state index in [0.717, 1.165) is 22.2 Å². The third-order valence-electron chi connectivity index (χ3n) is 3.66. The largest absolute Gasteiger partial charge is 0.354 e. The Balaban J connectivity index is 2.04. The summed E-state index contributed by atoms with van der Waals surface area (Å²) in [7, 11) is 0. The first kappa shape index (κ1) is 16.6. The molecule has 2 aromatic carbocycles. The maximum Gasteiger partial charge on any atom is 0.221 e. The summed E-state index contributed by atoms with van der Waals surface area (Å²) in [5.74, 6) is -0.136. The first-order valence-electron chi connectivity index (χ1n) is 7.33. The van der Waals surface area contributed by atoms with Crippen molar-refractivity contribution in [3.63, 3.8) is 0 Å². The van der Waals surface area contributed by atoms with Gasteiger partial charge in [-0.2, -0.15) is 0 Å². The number of carbonyl (C=O) groups is 1. The summed E-state index contributed by atoms with van der Waals surface area (Å²) < 4.78 is 0. The van der Waals surface area contributed by atoms with Crippen LogP contribution in [0.25, 0.3) is 10.9 Å². The van der Waals surface area contributed by atoms with Gasteiger partial charge >= 0.3 is 0 Å². The number of carbonyl (C=O) groups excluding carboxylic acids is 1. The average molecular weight is 360 g/mol. The fourth-order valence-electron chi connectivity index (χ4n) is 2.49. The minimum absolute atomic E-state index is 0.136. The Morgan fingerprint density at radius 3 is 2.54 bits per heavy atom. The molecular formula is C18H15Cl2N3O. The van der Waals surface area contributed by atoms with Crippen molar-refractivity contribution in [1.29, 1.82) is 0 Å². The van der Waals surface area contributed by atoms with Crippen LogP contribution in [0.4, 0.5) is 17.1 Å². The Morgan fingerprint density at radius 1 is 1.04 bits per heavy atom. The molecule has 122 valence electrons. The molecule has 1 heterocycles. The summed E-state index contributed by atoms with van der Waals surface area (Å²) in [5.41, 5.74) is 3.99. The lowest BCUT2D eigenvalue weighted by Gasteiger charge is -2.13. The van der Waals surface area contributed by atoms with Crippen LogP contribution in [0.15, 0.2) is 42.6 Å². The molecule has 6 heteroatoms. The number of aromatic nitrogens is 1. The maximum absolute atomic E-state index is 11.2. The van der Waals surface area contributed by atoms with Gasteiger partial charge in [0, 0.05) is 34.9 Å². The molecule has 0 radical (unpaired) electrons. The second-order valence-corrected chi connectivity index (χ2v) is 6.24. The number of rotatable bonds is 3. The van der Waals surface area contributed by atoms with Crippen LogP contribution in [0.1, 0.15) is 12.5 Å². The molecule has 3 aromatic rings. The molecule has 4 nitrogen and oxygen atoms in total. The number of anilines is 3. The summed E-state index contributed by atoms with van der Waals surface area (Å²) in [6.07, 6.45) is 1.72. The monoisotopic (exact) mass is 359 g/mol. The van der Waals surface area contributed by atoms with Gasteiger partial charge in [0.25, 0.3) is 0 Å².